The van der Waals surface area contributed by atoms with E-state index in [2.05, 4.69) is 15.3 Å². The van der Waals surface area contributed by atoms with E-state index in [0.29, 0.717) is 12.2 Å². The average Bonchev–Trinajstić information content (AvgIpc) is 2.62. The Morgan fingerprint density at radius 3 is 2.54 bits per heavy atom. The molecule has 5 nitrogen and oxygen atoms in total. The molecule has 5 heteroatoms. The molecule has 0 fully saturated rings. The Kier molecular flexibility index (Phi) is 4.70. The number of rotatable bonds is 4. The fourth-order valence-corrected chi connectivity index (χ4v) is 2.72. The summed E-state index contributed by atoms with van der Waals surface area (Å²) in [4.78, 5) is 21.3. The zero-order chi connectivity index (χ0) is 16.9. The van der Waals surface area contributed by atoms with Gasteiger partial charge in [0.1, 0.15) is 6.04 Å². The molecule has 0 aliphatic carbocycles. The monoisotopic (exact) mass is 321 g/mol. The van der Waals surface area contributed by atoms with Gasteiger partial charge in [-0.05, 0) is 37.1 Å². The zero-order valence-electron chi connectivity index (χ0n) is 13.7. The van der Waals surface area contributed by atoms with Crippen molar-refractivity contribution in [3.63, 3.8) is 0 Å². The van der Waals surface area contributed by atoms with Gasteiger partial charge in [0.2, 0.25) is 0 Å². The van der Waals surface area contributed by atoms with E-state index in [1.165, 1.54) is 0 Å². The molecule has 3 rings (SSSR count). The van der Waals surface area contributed by atoms with E-state index in [1.807, 2.05) is 49.4 Å². The molecular formula is C19H19N3O2. The normalized spacial score (nSPS) is 17.1. The summed E-state index contributed by atoms with van der Waals surface area (Å²) in [6.07, 6.45) is 3.40. The van der Waals surface area contributed by atoms with E-state index in [9.17, 15) is 4.79 Å². The van der Waals surface area contributed by atoms with Crippen molar-refractivity contribution in [3.8, 4) is 0 Å². The topological polar surface area (TPSA) is 63.6 Å². The minimum absolute atomic E-state index is 0.316. The average molecular weight is 321 g/mol. The first-order valence-electron chi connectivity index (χ1n) is 7.88. The van der Waals surface area contributed by atoms with Crippen molar-refractivity contribution in [2.75, 3.05) is 6.61 Å². The summed E-state index contributed by atoms with van der Waals surface area (Å²) in [7, 11) is 0. The second-order valence-corrected chi connectivity index (χ2v) is 5.40. The van der Waals surface area contributed by atoms with Crippen molar-refractivity contribution in [2.45, 2.75) is 19.9 Å². The molecule has 0 bridgehead atoms. The Labute approximate surface area is 141 Å². The van der Waals surface area contributed by atoms with Crippen molar-refractivity contribution < 1.29 is 9.53 Å². The molecule has 0 amide bonds. The Bertz CT molecular complexity index is 783. The van der Waals surface area contributed by atoms with Gasteiger partial charge >= 0.3 is 5.97 Å². The van der Waals surface area contributed by atoms with Gasteiger partial charge < -0.3 is 10.1 Å². The second-order valence-electron chi connectivity index (χ2n) is 5.40. The first kappa shape index (κ1) is 15.9. The van der Waals surface area contributed by atoms with Crippen LogP contribution in [0.4, 0.5) is 0 Å². The zero-order valence-corrected chi connectivity index (χ0v) is 13.7. The van der Waals surface area contributed by atoms with Gasteiger partial charge in [-0.1, -0.05) is 30.3 Å². The Balaban J connectivity index is 2.16. The first-order chi connectivity index (χ1) is 11.7. The van der Waals surface area contributed by atoms with Gasteiger partial charge in [0, 0.05) is 12.4 Å². The van der Waals surface area contributed by atoms with Crippen LogP contribution in [0.3, 0.4) is 0 Å². The van der Waals surface area contributed by atoms with Crippen LogP contribution in [0.25, 0.3) is 5.70 Å². The summed E-state index contributed by atoms with van der Waals surface area (Å²) in [5, 5.41) is 3.23. The summed E-state index contributed by atoms with van der Waals surface area (Å²) in [5.74, 6) is 0.394. The lowest BCUT2D eigenvalue weighted by atomic mass is 9.93. The van der Waals surface area contributed by atoms with Gasteiger partial charge in [-0.3, -0.25) is 9.98 Å². The molecule has 0 spiro atoms. The predicted molar refractivity (Wildman–Crippen MR) is 93.2 cm³/mol. The number of carbonyl (C=O) groups excluding carboxylic acids is 1. The first-order valence-corrected chi connectivity index (χ1v) is 7.88. The van der Waals surface area contributed by atoms with E-state index in [4.69, 9.17) is 4.74 Å². The highest BCUT2D eigenvalue weighted by atomic mass is 16.5. The van der Waals surface area contributed by atoms with Crippen LogP contribution < -0.4 is 5.32 Å². The third-order valence-electron chi connectivity index (χ3n) is 3.75. The maximum absolute atomic E-state index is 12.7. The molecule has 1 aromatic carbocycles. The number of benzene rings is 1. The molecule has 24 heavy (non-hydrogen) atoms. The van der Waals surface area contributed by atoms with Crippen molar-refractivity contribution in [3.05, 3.63) is 71.6 Å². The highest BCUT2D eigenvalue weighted by molar-refractivity contribution is 6.04. The summed E-state index contributed by atoms with van der Waals surface area (Å²) < 4.78 is 5.30. The number of esters is 1. The van der Waals surface area contributed by atoms with Crippen LogP contribution in [-0.4, -0.2) is 23.4 Å². The van der Waals surface area contributed by atoms with Gasteiger partial charge in [-0.2, -0.15) is 0 Å². The van der Waals surface area contributed by atoms with Gasteiger partial charge in [-0.15, -0.1) is 0 Å². The maximum atomic E-state index is 12.7. The summed E-state index contributed by atoms with van der Waals surface area (Å²) in [6, 6.07) is 13.1. The Morgan fingerprint density at radius 2 is 1.88 bits per heavy atom. The lowest BCUT2D eigenvalue weighted by Gasteiger charge is -2.26. The number of hydrogen-bond donors (Lipinski definition) is 1. The highest BCUT2D eigenvalue weighted by Crippen LogP contribution is 2.34. The van der Waals surface area contributed by atoms with Gasteiger partial charge in [0.25, 0.3) is 0 Å². The Hall–Kier alpha value is -2.95. The molecule has 1 atom stereocenters. The second kappa shape index (κ2) is 7.08. The van der Waals surface area contributed by atoms with E-state index >= 15 is 0 Å². The van der Waals surface area contributed by atoms with Gasteiger partial charge in [0.05, 0.1) is 23.7 Å². The number of ether oxygens (including phenoxy) is 1. The Morgan fingerprint density at radius 1 is 1.17 bits per heavy atom. The standard InChI is InChI=1S/C19H19N3O2/c1-3-24-19(23)16-17(14-7-5-4-6-8-14)21-13(2)22-18(16)15-9-11-20-12-10-15/h4-12,18H,3H2,1-2H3,(H,21,22). The number of hydrogen-bond acceptors (Lipinski definition) is 5. The summed E-state index contributed by atoms with van der Waals surface area (Å²) in [5.41, 5.74) is 3.08. The molecule has 0 saturated carbocycles. The van der Waals surface area contributed by atoms with Crippen LogP contribution >= 0.6 is 0 Å². The van der Waals surface area contributed by atoms with Crippen LogP contribution in [0.2, 0.25) is 0 Å². The van der Waals surface area contributed by atoms with Crippen molar-refractivity contribution in [2.24, 2.45) is 4.99 Å². The fourth-order valence-electron chi connectivity index (χ4n) is 2.72. The minimum Gasteiger partial charge on any atom is -0.463 e. The van der Waals surface area contributed by atoms with Crippen molar-refractivity contribution >= 4 is 17.5 Å². The molecule has 1 aliphatic rings. The lowest BCUT2D eigenvalue weighted by Crippen LogP contribution is -2.30. The number of amidine groups is 1. The highest BCUT2D eigenvalue weighted by Gasteiger charge is 2.31. The number of aromatic nitrogens is 1. The third-order valence-corrected chi connectivity index (χ3v) is 3.75. The summed E-state index contributed by atoms with van der Waals surface area (Å²) >= 11 is 0. The number of pyridine rings is 1. The quantitative estimate of drug-likeness (QED) is 0.879. The van der Waals surface area contributed by atoms with Crippen LogP contribution in [0, 0.1) is 0 Å². The van der Waals surface area contributed by atoms with Gasteiger partial charge in [0.15, 0.2) is 0 Å². The molecule has 1 N–H and O–H groups in total. The molecule has 1 unspecified atom stereocenters. The SMILES string of the molecule is CCOC(=O)C1=C(c2ccccc2)NC(C)=NC1c1ccncc1. The van der Waals surface area contributed by atoms with Gasteiger partial charge in [-0.25, -0.2) is 4.79 Å². The largest absolute Gasteiger partial charge is 0.463 e. The fraction of sp³-hybridized carbons (Fsp3) is 0.211. The molecule has 2 heterocycles. The maximum Gasteiger partial charge on any atom is 0.338 e. The predicted octanol–water partition coefficient (Wildman–Crippen LogP) is 3.12. The van der Waals surface area contributed by atoms with E-state index in [1.54, 1.807) is 19.3 Å². The van der Waals surface area contributed by atoms with Crippen LogP contribution in [0.5, 0.6) is 0 Å². The number of nitrogens with one attached hydrogen (secondary N) is 1. The number of nitrogens with zero attached hydrogens (tertiary/aromatic N) is 2. The number of aliphatic imine (C=N–C) groups is 1. The molecule has 1 aliphatic heterocycles. The minimum atomic E-state index is -0.413. The molecule has 0 saturated heterocycles. The van der Waals surface area contributed by atoms with E-state index < -0.39 is 6.04 Å². The molecule has 122 valence electrons. The van der Waals surface area contributed by atoms with Crippen LogP contribution in [-0.2, 0) is 9.53 Å². The van der Waals surface area contributed by atoms with E-state index in [0.717, 1.165) is 22.7 Å². The molecule has 2 aromatic rings. The molecule has 1 aromatic heterocycles. The van der Waals surface area contributed by atoms with Crippen LogP contribution in [0.1, 0.15) is 31.0 Å². The smallest absolute Gasteiger partial charge is 0.338 e. The molecular weight excluding hydrogens is 302 g/mol. The lowest BCUT2D eigenvalue weighted by molar-refractivity contribution is -0.138. The van der Waals surface area contributed by atoms with Crippen LogP contribution in [0.15, 0.2) is 65.4 Å². The number of carbonyl (C=O) groups is 1. The van der Waals surface area contributed by atoms with Crippen molar-refractivity contribution in [1.29, 1.82) is 0 Å². The van der Waals surface area contributed by atoms with E-state index in [-0.39, 0.29) is 5.97 Å². The third kappa shape index (κ3) is 3.20. The van der Waals surface area contributed by atoms with Crippen molar-refractivity contribution in [1.82, 2.24) is 10.3 Å². The molecule has 0 radical (unpaired) electrons. The summed E-state index contributed by atoms with van der Waals surface area (Å²) in [6.45, 7) is 4.00.